The van der Waals surface area contributed by atoms with Crippen molar-refractivity contribution in [1.29, 1.82) is 0 Å². The van der Waals surface area contributed by atoms with Gasteiger partial charge in [0, 0.05) is 49.6 Å². The van der Waals surface area contributed by atoms with Crippen molar-refractivity contribution in [2.45, 2.75) is 19.4 Å². The number of fused-ring (bicyclic) bond motifs is 1. The van der Waals surface area contributed by atoms with Crippen LogP contribution in [0.4, 0.5) is 0 Å². The second-order valence-corrected chi connectivity index (χ2v) is 5.58. The molecular formula is C18H21N3O. The van der Waals surface area contributed by atoms with Crippen molar-refractivity contribution in [3.05, 3.63) is 60.6 Å². The summed E-state index contributed by atoms with van der Waals surface area (Å²) in [4.78, 5) is 12.1. The van der Waals surface area contributed by atoms with E-state index in [4.69, 9.17) is 0 Å². The molecule has 1 aromatic carbocycles. The number of para-hydroxylation sites is 1. The monoisotopic (exact) mass is 295 g/mol. The van der Waals surface area contributed by atoms with E-state index >= 15 is 0 Å². The van der Waals surface area contributed by atoms with Crippen molar-refractivity contribution in [3.8, 4) is 0 Å². The Kier molecular flexibility index (Phi) is 4.28. The van der Waals surface area contributed by atoms with Gasteiger partial charge < -0.3 is 14.5 Å². The summed E-state index contributed by atoms with van der Waals surface area (Å²) in [5.74, 6) is 0.0869. The zero-order valence-electron chi connectivity index (χ0n) is 12.8. The van der Waals surface area contributed by atoms with Crippen LogP contribution in [-0.2, 0) is 24.8 Å². The normalized spacial score (nSPS) is 11.0. The Bertz CT molecular complexity index is 756. The number of benzene rings is 1. The summed E-state index contributed by atoms with van der Waals surface area (Å²) in [6.07, 6.45) is 7.50. The zero-order chi connectivity index (χ0) is 15.4. The topological polar surface area (TPSA) is 39.0 Å². The van der Waals surface area contributed by atoms with E-state index in [1.165, 1.54) is 0 Å². The zero-order valence-corrected chi connectivity index (χ0v) is 12.8. The molecule has 1 N–H and O–H groups in total. The lowest BCUT2D eigenvalue weighted by atomic mass is 10.1. The van der Waals surface area contributed by atoms with Gasteiger partial charge in [0.05, 0.1) is 6.42 Å². The van der Waals surface area contributed by atoms with E-state index in [9.17, 15) is 4.79 Å². The molecule has 2 heterocycles. The lowest BCUT2D eigenvalue weighted by Gasteiger charge is -2.06. The van der Waals surface area contributed by atoms with Crippen molar-refractivity contribution >= 4 is 16.8 Å². The van der Waals surface area contributed by atoms with Crippen molar-refractivity contribution in [2.75, 3.05) is 6.54 Å². The van der Waals surface area contributed by atoms with Crippen LogP contribution in [0.25, 0.3) is 10.9 Å². The maximum atomic E-state index is 12.1. The fourth-order valence-corrected chi connectivity index (χ4v) is 2.81. The molecule has 0 radical (unpaired) electrons. The van der Waals surface area contributed by atoms with E-state index in [2.05, 4.69) is 26.6 Å². The van der Waals surface area contributed by atoms with Gasteiger partial charge >= 0.3 is 0 Å². The minimum absolute atomic E-state index is 0.0869. The van der Waals surface area contributed by atoms with Gasteiger partial charge in [-0.1, -0.05) is 18.2 Å². The third-order valence-electron chi connectivity index (χ3n) is 3.91. The fraction of sp³-hybridized carbons (Fsp3) is 0.278. The summed E-state index contributed by atoms with van der Waals surface area (Å²) in [5, 5.41) is 4.17. The first-order chi connectivity index (χ1) is 10.7. The molecule has 0 fully saturated rings. The van der Waals surface area contributed by atoms with Gasteiger partial charge in [0.2, 0.25) is 5.91 Å². The highest BCUT2D eigenvalue weighted by Crippen LogP contribution is 2.20. The molecule has 22 heavy (non-hydrogen) atoms. The summed E-state index contributed by atoms with van der Waals surface area (Å²) >= 11 is 0. The van der Waals surface area contributed by atoms with Crippen molar-refractivity contribution < 1.29 is 4.79 Å². The molecule has 3 aromatic rings. The lowest BCUT2D eigenvalue weighted by molar-refractivity contribution is -0.120. The predicted molar refractivity (Wildman–Crippen MR) is 88.7 cm³/mol. The number of aryl methyl sites for hydroxylation is 2. The molecule has 0 saturated heterocycles. The maximum absolute atomic E-state index is 12.1. The van der Waals surface area contributed by atoms with Crippen LogP contribution < -0.4 is 5.32 Å². The van der Waals surface area contributed by atoms with Gasteiger partial charge in [-0.05, 0) is 30.2 Å². The molecule has 2 aromatic heterocycles. The van der Waals surface area contributed by atoms with Gasteiger partial charge in [-0.3, -0.25) is 4.79 Å². The second kappa shape index (κ2) is 6.52. The Labute approximate surface area is 130 Å². The first-order valence-corrected chi connectivity index (χ1v) is 7.64. The Hall–Kier alpha value is -2.49. The Morgan fingerprint density at radius 1 is 1.14 bits per heavy atom. The van der Waals surface area contributed by atoms with Crippen LogP contribution in [0.2, 0.25) is 0 Å². The molecule has 0 bridgehead atoms. The minimum Gasteiger partial charge on any atom is -0.356 e. The highest BCUT2D eigenvalue weighted by Gasteiger charge is 2.09. The SMILES string of the molecule is Cn1cc(CC(=O)NCCCn2cccc2)c2ccccc21. The van der Waals surface area contributed by atoms with E-state index in [1.807, 2.05) is 49.9 Å². The van der Waals surface area contributed by atoms with Crippen molar-refractivity contribution in [3.63, 3.8) is 0 Å². The van der Waals surface area contributed by atoms with Crippen molar-refractivity contribution in [2.24, 2.45) is 7.05 Å². The minimum atomic E-state index is 0.0869. The van der Waals surface area contributed by atoms with E-state index in [-0.39, 0.29) is 5.91 Å². The van der Waals surface area contributed by atoms with Crippen LogP contribution in [0.1, 0.15) is 12.0 Å². The quantitative estimate of drug-likeness (QED) is 0.698. The van der Waals surface area contributed by atoms with Crippen molar-refractivity contribution in [1.82, 2.24) is 14.5 Å². The van der Waals surface area contributed by atoms with Gasteiger partial charge in [-0.25, -0.2) is 0 Å². The molecule has 0 spiro atoms. The summed E-state index contributed by atoms with van der Waals surface area (Å²) in [6, 6.07) is 12.2. The highest BCUT2D eigenvalue weighted by molar-refractivity contribution is 5.89. The molecule has 0 aliphatic carbocycles. The molecule has 3 rings (SSSR count). The molecule has 0 saturated carbocycles. The number of nitrogens with zero attached hydrogens (tertiary/aromatic N) is 2. The van der Waals surface area contributed by atoms with E-state index in [0.29, 0.717) is 13.0 Å². The van der Waals surface area contributed by atoms with Gasteiger partial charge in [-0.2, -0.15) is 0 Å². The third-order valence-corrected chi connectivity index (χ3v) is 3.91. The maximum Gasteiger partial charge on any atom is 0.224 e. The number of hydrogen-bond acceptors (Lipinski definition) is 1. The second-order valence-electron chi connectivity index (χ2n) is 5.58. The largest absolute Gasteiger partial charge is 0.356 e. The van der Waals surface area contributed by atoms with E-state index in [0.717, 1.165) is 29.4 Å². The summed E-state index contributed by atoms with van der Waals surface area (Å²) in [6.45, 7) is 1.64. The molecule has 0 unspecified atom stereocenters. The molecule has 4 heteroatoms. The van der Waals surface area contributed by atoms with Crippen LogP contribution >= 0.6 is 0 Å². The fourth-order valence-electron chi connectivity index (χ4n) is 2.81. The molecule has 1 amide bonds. The average Bonchev–Trinajstić information content (AvgIpc) is 3.13. The number of hydrogen-bond donors (Lipinski definition) is 1. The molecular weight excluding hydrogens is 274 g/mol. The molecule has 0 atom stereocenters. The third kappa shape index (κ3) is 3.22. The lowest BCUT2D eigenvalue weighted by Crippen LogP contribution is -2.26. The summed E-state index contributed by atoms with van der Waals surface area (Å²) in [5.41, 5.74) is 2.25. The predicted octanol–water partition coefficient (Wildman–Crippen LogP) is 2.73. The number of nitrogens with one attached hydrogen (secondary N) is 1. The van der Waals surface area contributed by atoms with Crippen LogP contribution in [0, 0.1) is 0 Å². The Balaban J connectivity index is 1.52. The first-order valence-electron chi connectivity index (χ1n) is 7.64. The smallest absolute Gasteiger partial charge is 0.224 e. The summed E-state index contributed by atoms with van der Waals surface area (Å²) in [7, 11) is 2.01. The van der Waals surface area contributed by atoms with Gasteiger partial charge in [0.1, 0.15) is 0 Å². The van der Waals surface area contributed by atoms with E-state index < -0.39 is 0 Å². The number of carbonyl (C=O) groups excluding carboxylic acids is 1. The van der Waals surface area contributed by atoms with Gasteiger partial charge in [-0.15, -0.1) is 0 Å². The highest BCUT2D eigenvalue weighted by atomic mass is 16.1. The van der Waals surface area contributed by atoms with E-state index in [1.54, 1.807) is 0 Å². The van der Waals surface area contributed by atoms with Gasteiger partial charge in [0.15, 0.2) is 0 Å². The molecule has 4 nitrogen and oxygen atoms in total. The first kappa shape index (κ1) is 14.4. The average molecular weight is 295 g/mol. The van der Waals surface area contributed by atoms with Gasteiger partial charge in [0.25, 0.3) is 0 Å². The Morgan fingerprint density at radius 2 is 1.91 bits per heavy atom. The van der Waals surface area contributed by atoms with Crippen LogP contribution in [0.15, 0.2) is 55.0 Å². The summed E-state index contributed by atoms with van der Waals surface area (Å²) < 4.78 is 4.20. The van der Waals surface area contributed by atoms with Crippen LogP contribution in [0.5, 0.6) is 0 Å². The molecule has 0 aliphatic heterocycles. The number of aromatic nitrogens is 2. The molecule has 0 aliphatic rings. The molecule has 114 valence electrons. The van der Waals surface area contributed by atoms with Crippen LogP contribution in [-0.4, -0.2) is 21.6 Å². The number of rotatable bonds is 6. The standard InChI is InChI=1S/C18H21N3O/c1-20-14-15(16-7-2-3-8-17(16)20)13-18(22)19-9-6-12-21-10-4-5-11-21/h2-5,7-8,10-11,14H,6,9,12-13H2,1H3,(H,19,22). The number of carbonyl (C=O) groups is 1. The Morgan fingerprint density at radius 3 is 2.73 bits per heavy atom. The number of amides is 1. The van der Waals surface area contributed by atoms with Crippen LogP contribution in [0.3, 0.4) is 0 Å².